The van der Waals surface area contributed by atoms with Crippen LogP contribution in [-0.4, -0.2) is 30.6 Å². The zero-order valence-electron chi connectivity index (χ0n) is 9.78. The van der Waals surface area contributed by atoms with Gasteiger partial charge in [0.1, 0.15) is 0 Å². The Balaban J connectivity index is 2.21. The molecule has 0 aliphatic rings. The molecule has 3 nitrogen and oxygen atoms in total. The van der Waals surface area contributed by atoms with Crippen molar-refractivity contribution >= 4 is 0 Å². The van der Waals surface area contributed by atoms with E-state index in [9.17, 15) is 0 Å². The highest BCUT2D eigenvalue weighted by molar-refractivity contribution is 5.06. The molecule has 2 N–H and O–H groups in total. The van der Waals surface area contributed by atoms with E-state index in [1.54, 1.807) is 12.5 Å². The highest BCUT2D eigenvalue weighted by Gasteiger charge is 2.07. The fraction of sp³-hybridized carbons (Fsp3) is 0.667. The molecule has 0 saturated heterocycles. The molecule has 15 heavy (non-hydrogen) atoms. The van der Waals surface area contributed by atoms with E-state index in [0.29, 0.717) is 0 Å². The predicted octanol–water partition coefficient (Wildman–Crippen LogP) is 1.88. The average molecular weight is 210 g/mol. The van der Waals surface area contributed by atoms with E-state index >= 15 is 0 Å². The van der Waals surface area contributed by atoms with Crippen molar-refractivity contribution in [2.75, 3.05) is 19.6 Å². The fourth-order valence-electron chi connectivity index (χ4n) is 1.70. The highest BCUT2D eigenvalue weighted by Crippen LogP contribution is 2.05. The molecule has 0 bridgehead atoms. The van der Waals surface area contributed by atoms with E-state index in [1.807, 2.05) is 6.07 Å². The van der Waals surface area contributed by atoms with Crippen LogP contribution in [0.1, 0.15) is 25.8 Å². The van der Waals surface area contributed by atoms with Crippen molar-refractivity contribution in [1.82, 2.24) is 4.90 Å². The molecule has 1 aromatic heterocycles. The average Bonchev–Trinajstić information content (AvgIpc) is 2.72. The lowest BCUT2D eigenvalue weighted by Gasteiger charge is -2.20. The molecule has 0 fully saturated rings. The molecule has 86 valence electrons. The Morgan fingerprint density at radius 2 is 2.13 bits per heavy atom. The van der Waals surface area contributed by atoms with Gasteiger partial charge in [0, 0.05) is 6.04 Å². The lowest BCUT2D eigenvalue weighted by Crippen LogP contribution is -2.31. The summed E-state index contributed by atoms with van der Waals surface area (Å²) in [5.41, 5.74) is 7.25. The Labute approximate surface area is 92.2 Å². The van der Waals surface area contributed by atoms with Crippen LogP contribution in [0.5, 0.6) is 0 Å². The number of hydrogen-bond donors (Lipinski definition) is 1. The van der Waals surface area contributed by atoms with Gasteiger partial charge in [0.15, 0.2) is 0 Å². The van der Waals surface area contributed by atoms with Gasteiger partial charge in [-0.15, -0.1) is 0 Å². The molecule has 3 heteroatoms. The lowest BCUT2D eigenvalue weighted by atomic mass is 10.1. The summed E-state index contributed by atoms with van der Waals surface area (Å²) >= 11 is 0. The summed E-state index contributed by atoms with van der Waals surface area (Å²) in [6, 6.07) is 2.22. The second-order valence-electron chi connectivity index (χ2n) is 3.91. The number of rotatable bonds is 7. The SMILES string of the molecule is CCN(CC)CCC(N)Cc1ccoc1. The van der Waals surface area contributed by atoms with Crippen LogP contribution < -0.4 is 5.73 Å². The molecule has 0 aliphatic heterocycles. The predicted molar refractivity (Wildman–Crippen MR) is 62.8 cm³/mol. The van der Waals surface area contributed by atoms with E-state index in [0.717, 1.165) is 32.5 Å². The maximum Gasteiger partial charge on any atom is 0.0935 e. The number of nitrogens with two attached hydrogens (primary N) is 1. The summed E-state index contributed by atoms with van der Waals surface area (Å²) in [5, 5.41) is 0. The second-order valence-corrected chi connectivity index (χ2v) is 3.91. The molecule has 0 amide bonds. The van der Waals surface area contributed by atoms with E-state index < -0.39 is 0 Å². The minimum absolute atomic E-state index is 0.239. The molecule has 1 unspecified atom stereocenters. The van der Waals surface area contributed by atoms with E-state index in [4.69, 9.17) is 10.2 Å². The van der Waals surface area contributed by atoms with Crippen LogP contribution in [0.4, 0.5) is 0 Å². The molecule has 0 aliphatic carbocycles. The summed E-state index contributed by atoms with van der Waals surface area (Å²) < 4.78 is 5.02. The first-order chi connectivity index (χ1) is 7.26. The van der Waals surface area contributed by atoms with E-state index in [2.05, 4.69) is 18.7 Å². The molecular weight excluding hydrogens is 188 g/mol. The van der Waals surface area contributed by atoms with Crippen LogP contribution in [0, 0.1) is 0 Å². The highest BCUT2D eigenvalue weighted by atomic mass is 16.3. The molecule has 1 aromatic rings. The molecule has 0 radical (unpaired) electrons. The largest absolute Gasteiger partial charge is 0.472 e. The maximum atomic E-state index is 6.05. The standard InChI is InChI=1S/C12H22N2O/c1-3-14(4-2)7-5-12(13)9-11-6-8-15-10-11/h6,8,10,12H,3-5,7,9,13H2,1-2H3. The van der Waals surface area contributed by atoms with Crippen LogP contribution in [0.3, 0.4) is 0 Å². The van der Waals surface area contributed by atoms with Crippen molar-refractivity contribution in [3.05, 3.63) is 24.2 Å². The van der Waals surface area contributed by atoms with Crippen LogP contribution in [0.15, 0.2) is 23.0 Å². The number of hydrogen-bond acceptors (Lipinski definition) is 3. The Morgan fingerprint density at radius 1 is 1.40 bits per heavy atom. The Morgan fingerprint density at radius 3 is 2.67 bits per heavy atom. The third-order valence-corrected chi connectivity index (χ3v) is 2.79. The van der Waals surface area contributed by atoms with Crippen molar-refractivity contribution in [1.29, 1.82) is 0 Å². The van der Waals surface area contributed by atoms with Crippen molar-refractivity contribution in [2.45, 2.75) is 32.7 Å². The van der Waals surface area contributed by atoms with Gasteiger partial charge in [0.05, 0.1) is 12.5 Å². The molecule has 1 rings (SSSR count). The van der Waals surface area contributed by atoms with E-state index in [-0.39, 0.29) is 6.04 Å². The number of nitrogens with zero attached hydrogens (tertiary/aromatic N) is 1. The molecule has 0 spiro atoms. The summed E-state index contributed by atoms with van der Waals surface area (Å²) in [6.45, 7) is 7.67. The molecular formula is C12H22N2O. The number of furan rings is 1. The van der Waals surface area contributed by atoms with Crippen molar-refractivity contribution in [3.8, 4) is 0 Å². The zero-order chi connectivity index (χ0) is 11.1. The summed E-state index contributed by atoms with van der Waals surface area (Å²) in [6.07, 6.45) is 5.44. The van der Waals surface area contributed by atoms with Gasteiger partial charge in [-0.25, -0.2) is 0 Å². The molecule has 0 aromatic carbocycles. The van der Waals surface area contributed by atoms with Crippen LogP contribution in [0.2, 0.25) is 0 Å². The second kappa shape index (κ2) is 6.64. The quantitative estimate of drug-likeness (QED) is 0.747. The molecule has 1 atom stereocenters. The van der Waals surface area contributed by atoms with Gasteiger partial charge < -0.3 is 15.1 Å². The Hall–Kier alpha value is -0.800. The first-order valence-corrected chi connectivity index (χ1v) is 5.75. The van der Waals surface area contributed by atoms with Crippen molar-refractivity contribution in [3.63, 3.8) is 0 Å². The van der Waals surface area contributed by atoms with Crippen LogP contribution in [0.25, 0.3) is 0 Å². The smallest absolute Gasteiger partial charge is 0.0935 e. The minimum Gasteiger partial charge on any atom is -0.472 e. The van der Waals surface area contributed by atoms with Gasteiger partial charge in [0.25, 0.3) is 0 Å². The third-order valence-electron chi connectivity index (χ3n) is 2.79. The lowest BCUT2D eigenvalue weighted by molar-refractivity contribution is 0.290. The van der Waals surface area contributed by atoms with Gasteiger partial charge in [-0.05, 0) is 44.1 Å². The maximum absolute atomic E-state index is 6.05. The Bertz CT molecular complexity index is 242. The monoisotopic (exact) mass is 210 g/mol. The van der Waals surface area contributed by atoms with Crippen LogP contribution in [-0.2, 0) is 6.42 Å². The summed E-state index contributed by atoms with van der Waals surface area (Å²) in [4.78, 5) is 2.40. The molecule has 0 saturated carbocycles. The summed E-state index contributed by atoms with van der Waals surface area (Å²) in [7, 11) is 0. The minimum atomic E-state index is 0.239. The molecule has 1 heterocycles. The fourth-order valence-corrected chi connectivity index (χ4v) is 1.70. The van der Waals surface area contributed by atoms with Gasteiger partial charge >= 0.3 is 0 Å². The van der Waals surface area contributed by atoms with E-state index in [1.165, 1.54) is 5.56 Å². The third kappa shape index (κ3) is 4.49. The Kier molecular flexibility index (Phi) is 5.43. The van der Waals surface area contributed by atoms with Crippen LogP contribution >= 0.6 is 0 Å². The topological polar surface area (TPSA) is 42.4 Å². The van der Waals surface area contributed by atoms with Crippen molar-refractivity contribution in [2.24, 2.45) is 5.73 Å². The zero-order valence-corrected chi connectivity index (χ0v) is 9.78. The normalized spacial score (nSPS) is 13.3. The van der Waals surface area contributed by atoms with Gasteiger partial charge in [-0.2, -0.15) is 0 Å². The first kappa shape index (κ1) is 12.3. The van der Waals surface area contributed by atoms with Crippen molar-refractivity contribution < 1.29 is 4.42 Å². The van der Waals surface area contributed by atoms with Gasteiger partial charge in [-0.1, -0.05) is 13.8 Å². The first-order valence-electron chi connectivity index (χ1n) is 5.75. The van der Waals surface area contributed by atoms with Gasteiger partial charge in [0.2, 0.25) is 0 Å². The summed E-state index contributed by atoms with van der Waals surface area (Å²) in [5.74, 6) is 0. The van der Waals surface area contributed by atoms with Gasteiger partial charge in [-0.3, -0.25) is 0 Å².